The molecule has 0 spiro atoms. The third-order valence-electron chi connectivity index (χ3n) is 3.53. The van der Waals surface area contributed by atoms with Gasteiger partial charge in [0.1, 0.15) is 0 Å². The second-order valence-electron chi connectivity index (χ2n) is 4.80. The van der Waals surface area contributed by atoms with Gasteiger partial charge in [0.2, 0.25) is 0 Å². The van der Waals surface area contributed by atoms with E-state index in [4.69, 9.17) is 5.11 Å². The van der Waals surface area contributed by atoms with Crippen LogP contribution >= 0.6 is 0 Å². The summed E-state index contributed by atoms with van der Waals surface area (Å²) < 4.78 is 1.97. The lowest BCUT2D eigenvalue weighted by Crippen LogP contribution is -2.21. The lowest BCUT2D eigenvalue weighted by atomic mass is 10.1. The number of likely N-dealkylation sites (tertiary alicyclic amines) is 1. The Labute approximate surface area is 103 Å². The number of rotatable bonds is 5. The van der Waals surface area contributed by atoms with Crippen molar-refractivity contribution in [3.63, 3.8) is 0 Å². The van der Waals surface area contributed by atoms with Crippen molar-refractivity contribution in [1.82, 2.24) is 14.7 Å². The minimum absolute atomic E-state index is 0.311. The van der Waals surface area contributed by atoms with Gasteiger partial charge in [0, 0.05) is 31.0 Å². The Balaban J connectivity index is 1.97. The minimum atomic E-state index is 0.311. The van der Waals surface area contributed by atoms with Gasteiger partial charge in [-0.1, -0.05) is 6.08 Å². The van der Waals surface area contributed by atoms with Gasteiger partial charge < -0.3 is 5.11 Å². The Kier molecular flexibility index (Phi) is 3.97. The summed E-state index contributed by atoms with van der Waals surface area (Å²) in [4.78, 5) is 2.39. The van der Waals surface area contributed by atoms with E-state index < -0.39 is 0 Å². The van der Waals surface area contributed by atoms with Gasteiger partial charge in [-0.3, -0.25) is 9.58 Å². The van der Waals surface area contributed by atoms with E-state index in [1.54, 1.807) is 0 Å². The SMILES string of the molecule is C=CCn1ncc(CN2CCC(CO)C2)c1C. The fraction of sp³-hybridized carbons (Fsp3) is 0.615. The number of hydrogen-bond acceptors (Lipinski definition) is 3. The first kappa shape index (κ1) is 12.3. The zero-order valence-electron chi connectivity index (χ0n) is 10.5. The van der Waals surface area contributed by atoms with E-state index in [0.717, 1.165) is 32.6 Å². The molecule has 4 heteroatoms. The van der Waals surface area contributed by atoms with Crippen molar-refractivity contribution in [3.8, 4) is 0 Å². The number of aliphatic hydroxyl groups excluding tert-OH is 1. The molecular weight excluding hydrogens is 214 g/mol. The van der Waals surface area contributed by atoms with Crippen molar-refractivity contribution in [2.24, 2.45) is 5.92 Å². The minimum Gasteiger partial charge on any atom is -0.396 e. The maximum absolute atomic E-state index is 9.12. The van der Waals surface area contributed by atoms with Crippen LogP contribution in [-0.4, -0.2) is 39.5 Å². The molecule has 0 saturated carbocycles. The molecule has 1 aromatic heterocycles. The summed E-state index contributed by atoms with van der Waals surface area (Å²) >= 11 is 0. The highest BCUT2D eigenvalue weighted by Gasteiger charge is 2.22. The van der Waals surface area contributed by atoms with Crippen LogP contribution in [0.3, 0.4) is 0 Å². The van der Waals surface area contributed by atoms with Crippen molar-refractivity contribution in [2.75, 3.05) is 19.7 Å². The largest absolute Gasteiger partial charge is 0.396 e. The highest BCUT2D eigenvalue weighted by molar-refractivity contribution is 5.16. The lowest BCUT2D eigenvalue weighted by molar-refractivity contribution is 0.220. The molecule has 0 amide bonds. The van der Waals surface area contributed by atoms with Gasteiger partial charge in [-0.15, -0.1) is 6.58 Å². The molecule has 0 radical (unpaired) electrons. The van der Waals surface area contributed by atoms with Gasteiger partial charge in [0.05, 0.1) is 12.7 Å². The van der Waals surface area contributed by atoms with E-state index >= 15 is 0 Å². The Bertz CT molecular complexity index is 386. The summed E-state index contributed by atoms with van der Waals surface area (Å²) in [6.45, 7) is 9.94. The van der Waals surface area contributed by atoms with E-state index in [0.29, 0.717) is 12.5 Å². The molecule has 1 saturated heterocycles. The maximum Gasteiger partial charge on any atom is 0.0590 e. The first-order valence-corrected chi connectivity index (χ1v) is 6.20. The van der Waals surface area contributed by atoms with Crippen molar-refractivity contribution in [2.45, 2.75) is 26.4 Å². The van der Waals surface area contributed by atoms with Gasteiger partial charge in [0.25, 0.3) is 0 Å². The van der Waals surface area contributed by atoms with Gasteiger partial charge >= 0.3 is 0 Å². The molecule has 1 N–H and O–H groups in total. The van der Waals surface area contributed by atoms with E-state index in [9.17, 15) is 0 Å². The lowest BCUT2D eigenvalue weighted by Gasteiger charge is -2.15. The van der Waals surface area contributed by atoms with Crippen molar-refractivity contribution >= 4 is 0 Å². The molecule has 1 aliphatic heterocycles. The molecule has 1 fully saturated rings. The molecular formula is C13H21N3O. The van der Waals surface area contributed by atoms with Crippen LogP contribution in [0.25, 0.3) is 0 Å². The normalized spacial score (nSPS) is 20.9. The predicted octanol–water partition coefficient (Wildman–Crippen LogP) is 1.19. The molecule has 1 unspecified atom stereocenters. The fourth-order valence-electron chi connectivity index (χ4n) is 2.39. The Morgan fingerprint density at radius 3 is 3.12 bits per heavy atom. The van der Waals surface area contributed by atoms with E-state index in [-0.39, 0.29) is 0 Å². The van der Waals surface area contributed by atoms with Crippen molar-refractivity contribution < 1.29 is 5.11 Å². The summed E-state index contributed by atoms with van der Waals surface area (Å²) in [5, 5.41) is 13.5. The summed E-state index contributed by atoms with van der Waals surface area (Å²) in [5.41, 5.74) is 2.50. The van der Waals surface area contributed by atoms with E-state index in [1.165, 1.54) is 11.3 Å². The van der Waals surface area contributed by atoms with Crippen LogP contribution in [-0.2, 0) is 13.1 Å². The number of nitrogens with zero attached hydrogens (tertiary/aromatic N) is 3. The van der Waals surface area contributed by atoms with Gasteiger partial charge in [-0.05, 0) is 25.8 Å². The third kappa shape index (κ3) is 2.76. The number of allylic oxidation sites excluding steroid dienone is 1. The van der Waals surface area contributed by atoms with E-state index in [2.05, 4.69) is 23.5 Å². The maximum atomic E-state index is 9.12. The molecule has 1 aromatic rings. The predicted molar refractivity (Wildman–Crippen MR) is 67.6 cm³/mol. The van der Waals surface area contributed by atoms with Crippen molar-refractivity contribution in [3.05, 3.63) is 30.1 Å². The second-order valence-corrected chi connectivity index (χ2v) is 4.80. The average Bonchev–Trinajstić information content (AvgIpc) is 2.91. The fourth-order valence-corrected chi connectivity index (χ4v) is 2.39. The Hall–Kier alpha value is -1.13. The zero-order chi connectivity index (χ0) is 12.3. The summed E-state index contributed by atoms with van der Waals surface area (Å²) in [5.74, 6) is 0.457. The van der Waals surface area contributed by atoms with Gasteiger partial charge in [-0.2, -0.15) is 5.10 Å². The summed E-state index contributed by atoms with van der Waals surface area (Å²) in [7, 11) is 0. The number of hydrogen-bond donors (Lipinski definition) is 1. The Morgan fingerprint density at radius 1 is 1.65 bits per heavy atom. The average molecular weight is 235 g/mol. The summed E-state index contributed by atoms with van der Waals surface area (Å²) in [6.07, 6.45) is 4.92. The molecule has 17 heavy (non-hydrogen) atoms. The second kappa shape index (κ2) is 5.47. The van der Waals surface area contributed by atoms with Gasteiger partial charge in [0.15, 0.2) is 0 Å². The molecule has 0 bridgehead atoms. The molecule has 1 atom stereocenters. The standard InChI is InChI=1S/C13H21N3O/c1-3-5-16-11(2)13(7-14-16)9-15-6-4-12(8-15)10-17/h3,7,12,17H,1,4-6,8-10H2,2H3. The van der Waals surface area contributed by atoms with Crippen LogP contribution < -0.4 is 0 Å². The highest BCUT2D eigenvalue weighted by atomic mass is 16.3. The molecule has 2 rings (SSSR count). The topological polar surface area (TPSA) is 41.3 Å². The quantitative estimate of drug-likeness (QED) is 0.780. The third-order valence-corrected chi connectivity index (χ3v) is 3.53. The van der Waals surface area contributed by atoms with Gasteiger partial charge in [-0.25, -0.2) is 0 Å². The first-order valence-electron chi connectivity index (χ1n) is 6.20. The molecule has 0 aliphatic carbocycles. The highest BCUT2D eigenvalue weighted by Crippen LogP contribution is 2.19. The summed E-state index contributed by atoms with van der Waals surface area (Å²) in [6, 6.07) is 0. The van der Waals surface area contributed by atoms with Crippen LogP contribution in [0.4, 0.5) is 0 Å². The smallest absolute Gasteiger partial charge is 0.0590 e. The first-order chi connectivity index (χ1) is 8.24. The monoisotopic (exact) mass is 235 g/mol. The molecule has 1 aliphatic rings. The zero-order valence-corrected chi connectivity index (χ0v) is 10.5. The molecule has 4 nitrogen and oxygen atoms in total. The Morgan fingerprint density at radius 2 is 2.47 bits per heavy atom. The van der Waals surface area contributed by atoms with Crippen LogP contribution in [0, 0.1) is 12.8 Å². The van der Waals surface area contributed by atoms with Crippen LogP contribution in [0.5, 0.6) is 0 Å². The van der Waals surface area contributed by atoms with E-state index in [1.807, 2.05) is 17.0 Å². The number of aromatic nitrogens is 2. The molecule has 2 heterocycles. The number of aliphatic hydroxyl groups is 1. The molecule has 0 aromatic carbocycles. The van der Waals surface area contributed by atoms with Crippen molar-refractivity contribution in [1.29, 1.82) is 0 Å². The van der Waals surface area contributed by atoms with Crippen LogP contribution in [0.2, 0.25) is 0 Å². The van der Waals surface area contributed by atoms with Crippen LogP contribution in [0.15, 0.2) is 18.9 Å². The molecule has 94 valence electrons. The van der Waals surface area contributed by atoms with Crippen LogP contribution in [0.1, 0.15) is 17.7 Å².